The summed E-state index contributed by atoms with van der Waals surface area (Å²) in [6.07, 6.45) is 1.15. The second-order valence-corrected chi connectivity index (χ2v) is 5.73. The number of aryl methyl sites for hydroxylation is 1. The molecule has 0 aromatic heterocycles. The van der Waals surface area contributed by atoms with Crippen molar-refractivity contribution < 1.29 is 14.9 Å². The topological polar surface area (TPSA) is 61.7 Å². The zero-order valence-electron chi connectivity index (χ0n) is 13.4. The summed E-state index contributed by atoms with van der Waals surface area (Å²) in [7, 11) is 0. The number of hydrogen-bond donors (Lipinski definition) is 3. The molecule has 1 aromatic rings. The fourth-order valence-electron chi connectivity index (χ4n) is 2.17. The minimum atomic E-state index is -0.559. The predicted octanol–water partition coefficient (Wildman–Crippen LogP) is 1.99. The van der Waals surface area contributed by atoms with Crippen molar-refractivity contribution in [2.24, 2.45) is 5.92 Å². The predicted molar refractivity (Wildman–Crippen MR) is 85.7 cm³/mol. The first-order chi connectivity index (χ1) is 10.1. The monoisotopic (exact) mass is 295 g/mol. The number of ether oxygens (including phenoxy) is 1. The van der Waals surface area contributed by atoms with E-state index in [0.717, 1.165) is 12.2 Å². The third kappa shape index (κ3) is 6.93. The van der Waals surface area contributed by atoms with Crippen molar-refractivity contribution in [2.75, 3.05) is 19.8 Å². The number of aliphatic hydroxyl groups excluding tert-OH is 2. The maximum Gasteiger partial charge on any atom is 0.119 e. The molecule has 0 saturated carbocycles. The van der Waals surface area contributed by atoms with E-state index in [1.807, 2.05) is 24.3 Å². The molecule has 3 N–H and O–H groups in total. The van der Waals surface area contributed by atoms with Crippen LogP contribution < -0.4 is 10.1 Å². The quantitative estimate of drug-likeness (QED) is 0.618. The molecule has 1 rings (SSSR count). The third-order valence-electron chi connectivity index (χ3n) is 3.63. The van der Waals surface area contributed by atoms with E-state index < -0.39 is 6.10 Å². The van der Waals surface area contributed by atoms with Gasteiger partial charge in [-0.1, -0.05) is 32.9 Å². The zero-order chi connectivity index (χ0) is 15.7. The SMILES string of the molecule is CCc1ccc(OCC(O)CNC(CCO)C(C)C)cc1. The van der Waals surface area contributed by atoms with Crippen LogP contribution in [0.15, 0.2) is 24.3 Å². The van der Waals surface area contributed by atoms with E-state index in [1.54, 1.807) is 0 Å². The van der Waals surface area contributed by atoms with E-state index in [-0.39, 0.29) is 19.3 Å². The molecule has 2 atom stereocenters. The Morgan fingerprint density at radius 3 is 2.38 bits per heavy atom. The minimum Gasteiger partial charge on any atom is -0.491 e. The van der Waals surface area contributed by atoms with Gasteiger partial charge >= 0.3 is 0 Å². The van der Waals surface area contributed by atoms with Crippen molar-refractivity contribution in [1.82, 2.24) is 5.32 Å². The van der Waals surface area contributed by atoms with E-state index in [0.29, 0.717) is 18.9 Å². The Bertz CT molecular complexity index is 378. The molecular formula is C17H29NO3. The van der Waals surface area contributed by atoms with Crippen molar-refractivity contribution >= 4 is 0 Å². The Morgan fingerprint density at radius 2 is 1.86 bits per heavy atom. The summed E-state index contributed by atoms with van der Waals surface area (Å²) in [5.74, 6) is 1.20. The maximum atomic E-state index is 9.96. The van der Waals surface area contributed by atoms with Crippen molar-refractivity contribution in [1.29, 1.82) is 0 Å². The van der Waals surface area contributed by atoms with Gasteiger partial charge in [-0.3, -0.25) is 0 Å². The summed E-state index contributed by atoms with van der Waals surface area (Å²) in [5.41, 5.74) is 1.27. The summed E-state index contributed by atoms with van der Waals surface area (Å²) in [6.45, 7) is 7.21. The summed E-state index contributed by atoms with van der Waals surface area (Å²) in [4.78, 5) is 0. The van der Waals surface area contributed by atoms with Gasteiger partial charge in [-0.2, -0.15) is 0 Å². The first-order valence-corrected chi connectivity index (χ1v) is 7.80. The van der Waals surface area contributed by atoms with Crippen molar-refractivity contribution in [3.63, 3.8) is 0 Å². The highest BCUT2D eigenvalue weighted by atomic mass is 16.5. The van der Waals surface area contributed by atoms with Gasteiger partial charge in [0.05, 0.1) is 0 Å². The molecule has 0 radical (unpaired) electrons. The Morgan fingerprint density at radius 1 is 1.19 bits per heavy atom. The standard InChI is InChI=1S/C17H29NO3/c1-4-14-5-7-16(8-6-14)21-12-15(20)11-18-17(9-10-19)13(2)3/h5-8,13,15,17-20H,4,9-12H2,1-3H3. The fraction of sp³-hybridized carbons (Fsp3) is 0.647. The molecule has 0 amide bonds. The highest BCUT2D eigenvalue weighted by Gasteiger charge is 2.14. The van der Waals surface area contributed by atoms with Crippen LogP contribution in [0.3, 0.4) is 0 Å². The third-order valence-corrected chi connectivity index (χ3v) is 3.63. The average Bonchev–Trinajstić information content (AvgIpc) is 2.49. The molecule has 1 aromatic carbocycles. The van der Waals surface area contributed by atoms with Crippen molar-refractivity contribution in [3.8, 4) is 5.75 Å². The van der Waals surface area contributed by atoms with Crippen LogP contribution in [0.5, 0.6) is 5.75 Å². The molecule has 0 aliphatic carbocycles. The molecule has 0 bridgehead atoms. The van der Waals surface area contributed by atoms with Gasteiger partial charge in [0.2, 0.25) is 0 Å². The normalized spacial score (nSPS) is 14.2. The van der Waals surface area contributed by atoms with Gasteiger partial charge in [-0.25, -0.2) is 0 Å². The fourth-order valence-corrected chi connectivity index (χ4v) is 2.17. The molecule has 21 heavy (non-hydrogen) atoms. The Kier molecular flexibility index (Phi) is 8.35. The first-order valence-electron chi connectivity index (χ1n) is 7.80. The van der Waals surface area contributed by atoms with Gasteiger partial charge in [-0.05, 0) is 36.5 Å². The molecule has 4 nitrogen and oxygen atoms in total. The highest BCUT2D eigenvalue weighted by molar-refractivity contribution is 5.27. The lowest BCUT2D eigenvalue weighted by molar-refractivity contribution is 0.0995. The maximum absolute atomic E-state index is 9.96. The van der Waals surface area contributed by atoms with Crippen LogP contribution in [0.2, 0.25) is 0 Å². The first kappa shape index (κ1) is 18.0. The van der Waals surface area contributed by atoms with Crippen LogP contribution in [0.25, 0.3) is 0 Å². The summed E-state index contributed by atoms with van der Waals surface area (Å²) < 4.78 is 5.58. The molecule has 2 unspecified atom stereocenters. The van der Waals surface area contributed by atoms with Gasteiger partial charge in [0.15, 0.2) is 0 Å². The van der Waals surface area contributed by atoms with E-state index >= 15 is 0 Å². The summed E-state index contributed by atoms with van der Waals surface area (Å²) in [6, 6.07) is 8.16. The van der Waals surface area contributed by atoms with Crippen molar-refractivity contribution in [2.45, 2.75) is 45.8 Å². The Labute approximate surface area is 128 Å². The molecule has 0 heterocycles. The molecule has 4 heteroatoms. The highest BCUT2D eigenvalue weighted by Crippen LogP contribution is 2.12. The largest absolute Gasteiger partial charge is 0.491 e. The average molecular weight is 295 g/mol. The van der Waals surface area contributed by atoms with Gasteiger partial charge < -0.3 is 20.3 Å². The molecule has 0 aliphatic heterocycles. The van der Waals surface area contributed by atoms with Crippen LogP contribution in [0.4, 0.5) is 0 Å². The Balaban J connectivity index is 2.30. The smallest absolute Gasteiger partial charge is 0.119 e. The van der Waals surface area contributed by atoms with Crippen LogP contribution in [0, 0.1) is 5.92 Å². The molecule has 0 fully saturated rings. The van der Waals surface area contributed by atoms with E-state index in [4.69, 9.17) is 9.84 Å². The van der Waals surface area contributed by atoms with Gasteiger partial charge in [0.1, 0.15) is 18.5 Å². The Hall–Kier alpha value is -1.10. The number of benzene rings is 1. The second-order valence-electron chi connectivity index (χ2n) is 5.73. The zero-order valence-corrected chi connectivity index (χ0v) is 13.4. The molecule has 0 aliphatic rings. The summed E-state index contributed by atoms with van der Waals surface area (Å²) in [5, 5.41) is 22.3. The van der Waals surface area contributed by atoms with Crippen LogP contribution >= 0.6 is 0 Å². The number of rotatable bonds is 10. The van der Waals surface area contributed by atoms with Crippen LogP contribution in [-0.4, -0.2) is 42.1 Å². The number of hydrogen-bond acceptors (Lipinski definition) is 4. The van der Waals surface area contributed by atoms with Gasteiger partial charge in [-0.15, -0.1) is 0 Å². The van der Waals surface area contributed by atoms with E-state index in [1.165, 1.54) is 5.56 Å². The van der Waals surface area contributed by atoms with Crippen molar-refractivity contribution in [3.05, 3.63) is 29.8 Å². The number of aliphatic hydroxyl groups is 2. The summed E-state index contributed by atoms with van der Waals surface area (Å²) >= 11 is 0. The van der Waals surface area contributed by atoms with Gasteiger partial charge in [0.25, 0.3) is 0 Å². The number of nitrogens with one attached hydrogen (secondary N) is 1. The van der Waals surface area contributed by atoms with Crippen LogP contribution in [-0.2, 0) is 6.42 Å². The van der Waals surface area contributed by atoms with Crippen LogP contribution in [0.1, 0.15) is 32.8 Å². The van der Waals surface area contributed by atoms with Gasteiger partial charge in [0, 0.05) is 19.2 Å². The minimum absolute atomic E-state index is 0.159. The second kappa shape index (κ2) is 9.77. The molecular weight excluding hydrogens is 266 g/mol. The molecule has 0 spiro atoms. The molecule has 120 valence electrons. The van der Waals surface area contributed by atoms with E-state index in [9.17, 15) is 5.11 Å². The van der Waals surface area contributed by atoms with E-state index in [2.05, 4.69) is 26.1 Å². The lowest BCUT2D eigenvalue weighted by Gasteiger charge is -2.23. The molecule has 0 saturated heterocycles. The lowest BCUT2D eigenvalue weighted by atomic mass is 10.0. The lowest BCUT2D eigenvalue weighted by Crippen LogP contribution is -2.41.